The summed E-state index contributed by atoms with van der Waals surface area (Å²) in [5.41, 5.74) is 0.839. The van der Waals surface area contributed by atoms with Crippen LogP contribution < -0.4 is 0 Å². The summed E-state index contributed by atoms with van der Waals surface area (Å²) >= 11 is 0. The van der Waals surface area contributed by atoms with Crippen LogP contribution >= 0.6 is 0 Å². The molecule has 2 nitrogen and oxygen atoms in total. The number of aromatic hydroxyl groups is 1. The van der Waals surface area contributed by atoms with Gasteiger partial charge in [-0.1, -0.05) is 12.1 Å². The van der Waals surface area contributed by atoms with E-state index in [1.807, 2.05) is 0 Å². The highest BCUT2D eigenvalue weighted by Crippen LogP contribution is 2.16. The van der Waals surface area contributed by atoms with Crippen molar-refractivity contribution in [1.82, 2.24) is 0 Å². The second-order valence-corrected chi connectivity index (χ2v) is 2.71. The Hall–Kier alpha value is -1.02. The summed E-state index contributed by atoms with van der Waals surface area (Å²) in [6.07, 6.45) is 2.46. The van der Waals surface area contributed by atoms with Crippen molar-refractivity contribution in [2.75, 3.05) is 6.61 Å². The van der Waals surface area contributed by atoms with Crippen molar-refractivity contribution in [3.63, 3.8) is 0 Å². The van der Waals surface area contributed by atoms with Gasteiger partial charge in [0.25, 0.3) is 0 Å². The minimum atomic E-state index is 0.216. The highest BCUT2D eigenvalue weighted by Gasteiger charge is 1.98. The molecule has 0 saturated carbocycles. The Morgan fingerprint density at radius 2 is 2.17 bits per heavy atom. The lowest BCUT2D eigenvalue weighted by Crippen LogP contribution is -1.89. The highest BCUT2D eigenvalue weighted by atomic mass is 16.3. The fourth-order valence-corrected chi connectivity index (χ4v) is 1.08. The van der Waals surface area contributed by atoms with Crippen LogP contribution in [0, 0.1) is 6.07 Å². The number of aliphatic hydroxyl groups is 1. The fourth-order valence-electron chi connectivity index (χ4n) is 1.08. The molecule has 1 aromatic carbocycles. The molecule has 0 aromatic heterocycles. The number of hydrogen-bond acceptors (Lipinski definition) is 2. The first-order valence-electron chi connectivity index (χ1n) is 4.14. The van der Waals surface area contributed by atoms with Crippen molar-refractivity contribution in [1.29, 1.82) is 0 Å². The molecule has 0 amide bonds. The Kier molecular flexibility index (Phi) is 3.61. The molecular formula is C10H13O2. The van der Waals surface area contributed by atoms with Crippen molar-refractivity contribution < 1.29 is 10.2 Å². The molecule has 0 aliphatic heterocycles. The van der Waals surface area contributed by atoms with E-state index in [1.54, 1.807) is 18.2 Å². The summed E-state index contributed by atoms with van der Waals surface area (Å²) in [6.45, 7) is 0.216. The largest absolute Gasteiger partial charge is 0.508 e. The number of phenols is 1. The minimum absolute atomic E-state index is 0.216. The van der Waals surface area contributed by atoms with Crippen molar-refractivity contribution in [3.8, 4) is 5.75 Å². The summed E-state index contributed by atoms with van der Waals surface area (Å²) < 4.78 is 0. The first-order valence-corrected chi connectivity index (χ1v) is 4.14. The van der Waals surface area contributed by atoms with Crippen molar-refractivity contribution in [2.45, 2.75) is 19.3 Å². The number of benzene rings is 1. The maximum atomic E-state index is 9.32. The number of hydrogen-bond donors (Lipinski definition) is 2. The van der Waals surface area contributed by atoms with Gasteiger partial charge in [0.15, 0.2) is 0 Å². The van der Waals surface area contributed by atoms with Gasteiger partial charge in [0.1, 0.15) is 5.75 Å². The van der Waals surface area contributed by atoms with Gasteiger partial charge in [-0.2, -0.15) is 0 Å². The summed E-state index contributed by atoms with van der Waals surface area (Å²) in [7, 11) is 0. The predicted molar refractivity (Wildman–Crippen MR) is 47.0 cm³/mol. The van der Waals surface area contributed by atoms with Gasteiger partial charge in [-0.05, 0) is 31.4 Å². The van der Waals surface area contributed by atoms with Gasteiger partial charge in [0.05, 0.1) is 0 Å². The quantitative estimate of drug-likeness (QED) is 0.664. The topological polar surface area (TPSA) is 40.5 Å². The van der Waals surface area contributed by atoms with Gasteiger partial charge in [-0.3, -0.25) is 0 Å². The third-order valence-electron chi connectivity index (χ3n) is 1.75. The molecule has 2 heteroatoms. The van der Waals surface area contributed by atoms with E-state index in [1.165, 1.54) is 0 Å². The molecule has 1 rings (SSSR count). The minimum Gasteiger partial charge on any atom is -0.508 e. The number of rotatable bonds is 4. The number of phenolic OH excluding ortho intramolecular Hbond substituents is 1. The van der Waals surface area contributed by atoms with E-state index in [9.17, 15) is 5.11 Å². The molecule has 0 unspecified atom stereocenters. The molecule has 65 valence electrons. The monoisotopic (exact) mass is 165 g/mol. The van der Waals surface area contributed by atoms with E-state index in [2.05, 4.69) is 6.07 Å². The third-order valence-corrected chi connectivity index (χ3v) is 1.75. The van der Waals surface area contributed by atoms with Crippen LogP contribution in [0.2, 0.25) is 0 Å². The molecule has 2 N–H and O–H groups in total. The summed E-state index contributed by atoms with van der Waals surface area (Å²) in [5, 5.41) is 17.9. The van der Waals surface area contributed by atoms with Crippen LogP contribution in [0.15, 0.2) is 18.2 Å². The van der Waals surface area contributed by atoms with Crippen LogP contribution in [-0.2, 0) is 6.42 Å². The summed E-state index contributed by atoms with van der Waals surface area (Å²) in [6, 6.07) is 8.16. The molecule has 12 heavy (non-hydrogen) atoms. The van der Waals surface area contributed by atoms with Gasteiger partial charge in [-0.25, -0.2) is 0 Å². The zero-order valence-corrected chi connectivity index (χ0v) is 6.95. The average molecular weight is 165 g/mol. The van der Waals surface area contributed by atoms with E-state index in [-0.39, 0.29) is 6.61 Å². The van der Waals surface area contributed by atoms with E-state index in [0.29, 0.717) is 5.75 Å². The van der Waals surface area contributed by atoms with E-state index >= 15 is 0 Å². The van der Waals surface area contributed by atoms with Gasteiger partial charge >= 0.3 is 0 Å². The zero-order chi connectivity index (χ0) is 8.81. The van der Waals surface area contributed by atoms with Crippen LogP contribution in [-0.4, -0.2) is 16.8 Å². The summed E-state index contributed by atoms with van der Waals surface area (Å²) in [5.74, 6) is 0.301. The number of aliphatic hydroxyl groups excluding tert-OH is 1. The molecule has 1 aromatic rings. The number of aryl methyl sites for hydroxylation is 1. The van der Waals surface area contributed by atoms with Gasteiger partial charge in [0.2, 0.25) is 0 Å². The smallest absolute Gasteiger partial charge is 0.119 e. The Morgan fingerprint density at radius 3 is 2.83 bits per heavy atom. The highest BCUT2D eigenvalue weighted by molar-refractivity contribution is 5.30. The average Bonchev–Trinajstić information content (AvgIpc) is 2.09. The van der Waals surface area contributed by atoms with E-state index in [4.69, 9.17) is 5.11 Å². The lowest BCUT2D eigenvalue weighted by molar-refractivity contribution is 0.284. The first-order chi connectivity index (χ1) is 5.84. The second kappa shape index (κ2) is 4.78. The molecule has 0 bridgehead atoms. The fraction of sp³-hybridized carbons (Fsp3) is 0.400. The van der Waals surface area contributed by atoms with E-state index < -0.39 is 0 Å². The molecule has 0 fully saturated rings. The van der Waals surface area contributed by atoms with Crippen LogP contribution in [0.1, 0.15) is 18.4 Å². The van der Waals surface area contributed by atoms with Crippen LogP contribution in [0.3, 0.4) is 0 Å². The molecule has 0 aliphatic rings. The molecule has 0 saturated heterocycles. The molecule has 0 heterocycles. The Labute approximate surface area is 72.5 Å². The molecular weight excluding hydrogens is 152 g/mol. The molecule has 0 atom stereocenters. The van der Waals surface area contributed by atoms with Gasteiger partial charge < -0.3 is 10.2 Å². The number of unbranched alkanes of at least 4 members (excludes halogenated alkanes) is 1. The van der Waals surface area contributed by atoms with Crippen molar-refractivity contribution in [3.05, 3.63) is 29.8 Å². The van der Waals surface area contributed by atoms with Crippen molar-refractivity contribution >= 4 is 0 Å². The maximum absolute atomic E-state index is 9.32. The zero-order valence-electron chi connectivity index (χ0n) is 6.95. The second-order valence-electron chi connectivity index (χ2n) is 2.71. The normalized spacial score (nSPS) is 10.1. The van der Waals surface area contributed by atoms with Crippen LogP contribution in [0.4, 0.5) is 0 Å². The Morgan fingerprint density at radius 1 is 1.33 bits per heavy atom. The molecule has 0 spiro atoms. The van der Waals surface area contributed by atoms with Gasteiger partial charge in [-0.15, -0.1) is 0 Å². The predicted octanol–water partition coefficient (Wildman–Crippen LogP) is 1.51. The lowest BCUT2D eigenvalue weighted by atomic mass is 10.1. The van der Waals surface area contributed by atoms with Crippen molar-refractivity contribution in [2.24, 2.45) is 0 Å². The third kappa shape index (κ3) is 2.55. The molecule has 0 aliphatic carbocycles. The lowest BCUT2D eigenvalue weighted by Gasteiger charge is -2.01. The Bertz CT molecular complexity index is 233. The van der Waals surface area contributed by atoms with Crippen LogP contribution in [0.5, 0.6) is 5.75 Å². The Balaban J connectivity index is 2.46. The molecule has 1 radical (unpaired) electrons. The maximum Gasteiger partial charge on any atom is 0.119 e. The SMILES string of the molecule is OCCCCc1[c]cccc1O. The standard InChI is InChI=1S/C10H13O2/c11-8-4-3-6-9-5-1-2-7-10(9)12/h1-2,7,11-12H,3-4,6,8H2. The summed E-state index contributed by atoms with van der Waals surface area (Å²) in [4.78, 5) is 0. The van der Waals surface area contributed by atoms with Gasteiger partial charge in [0, 0.05) is 12.2 Å². The first kappa shape index (κ1) is 9.07. The van der Waals surface area contributed by atoms with Crippen LogP contribution in [0.25, 0.3) is 0 Å². The van der Waals surface area contributed by atoms with E-state index in [0.717, 1.165) is 24.8 Å².